The predicted octanol–water partition coefficient (Wildman–Crippen LogP) is 2.91. The molecule has 2 saturated heterocycles. The highest BCUT2D eigenvalue weighted by Gasteiger charge is 2.32. The summed E-state index contributed by atoms with van der Waals surface area (Å²) in [5, 5.41) is 7.31. The summed E-state index contributed by atoms with van der Waals surface area (Å²) < 4.78 is 0. The van der Waals surface area contributed by atoms with Gasteiger partial charge in [-0.25, -0.2) is 4.98 Å². The van der Waals surface area contributed by atoms with E-state index in [2.05, 4.69) is 15.2 Å². The molecule has 0 spiro atoms. The van der Waals surface area contributed by atoms with Gasteiger partial charge in [-0.15, -0.1) is 11.3 Å². The Bertz CT molecular complexity index is 376. The van der Waals surface area contributed by atoms with Gasteiger partial charge in [-0.2, -0.15) is 0 Å². The minimum Gasteiger partial charge on any atom is -0.344 e. The smallest absolute Gasteiger partial charge is 0.187 e. The number of hydrogen-bond acceptors (Lipinski definition) is 4. The van der Waals surface area contributed by atoms with E-state index in [0.717, 1.165) is 11.7 Å². The number of nitrogens with one attached hydrogen (secondary N) is 1. The number of nitrogens with zero attached hydrogens (tertiary/aromatic N) is 2. The summed E-state index contributed by atoms with van der Waals surface area (Å²) in [5.41, 5.74) is 0. The molecule has 2 aliphatic rings. The highest BCUT2D eigenvalue weighted by molar-refractivity contribution is 7.14. The van der Waals surface area contributed by atoms with Gasteiger partial charge in [-0.05, 0) is 38.6 Å². The number of aromatic nitrogens is 1. The van der Waals surface area contributed by atoms with Crippen LogP contribution in [0.25, 0.3) is 0 Å². The number of anilines is 1. The third-order valence-corrected chi connectivity index (χ3v) is 5.02. The van der Waals surface area contributed by atoms with Crippen molar-refractivity contribution in [2.45, 2.75) is 44.2 Å². The highest BCUT2D eigenvalue weighted by Crippen LogP contribution is 2.32. The van der Waals surface area contributed by atoms with Crippen molar-refractivity contribution in [3.8, 4) is 0 Å². The zero-order valence-electron chi connectivity index (χ0n) is 9.86. The van der Waals surface area contributed by atoms with Crippen molar-refractivity contribution in [2.75, 3.05) is 18.0 Å². The van der Waals surface area contributed by atoms with Gasteiger partial charge in [0.25, 0.3) is 0 Å². The molecule has 3 heterocycles. The first-order valence-corrected chi connectivity index (χ1v) is 7.71. The van der Waals surface area contributed by atoms with E-state index in [1.807, 2.05) is 5.38 Å². The van der Waals surface area contributed by atoms with Crippen molar-refractivity contribution < 1.29 is 0 Å². The fourth-order valence-corrected chi connectivity index (χ4v) is 4.06. The normalized spacial score (nSPS) is 29.8. The van der Waals surface area contributed by atoms with Crippen molar-refractivity contribution in [1.82, 2.24) is 10.3 Å². The fourth-order valence-electron chi connectivity index (χ4n) is 3.03. The van der Waals surface area contributed by atoms with Gasteiger partial charge in [0.2, 0.25) is 0 Å². The van der Waals surface area contributed by atoms with Crippen LogP contribution in [0.4, 0.5) is 5.13 Å². The molecule has 0 saturated carbocycles. The summed E-state index contributed by atoms with van der Waals surface area (Å²) in [5.74, 6) is 0. The van der Waals surface area contributed by atoms with Crippen LogP contribution in [0.5, 0.6) is 0 Å². The van der Waals surface area contributed by atoms with Crippen LogP contribution in [0.1, 0.15) is 32.1 Å². The van der Waals surface area contributed by atoms with Crippen LogP contribution in [0.2, 0.25) is 5.15 Å². The van der Waals surface area contributed by atoms with Crippen molar-refractivity contribution >= 4 is 28.1 Å². The molecule has 1 aromatic heterocycles. The van der Waals surface area contributed by atoms with E-state index in [1.165, 1.54) is 38.6 Å². The van der Waals surface area contributed by atoms with Crippen LogP contribution in [0.3, 0.4) is 0 Å². The van der Waals surface area contributed by atoms with Crippen LogP contribution in [-0.2, 0) is 0 Å². The molecule has 1 N–H and O–H groups in total. The molecular formula is C12H18ClN3S. The van der Waals surface area contributed by atoms with Crippen molar-refractivity contribution in [1.29, 1.82) is 0 Å². The average Bonchev–Trinajstić information content (AvgIpc) is 3.00. The molecule has 2 aliphatic heterocycles. The van der Waals surface area contributed by atoms with Crippen molar-refractivity contribution in [3.05, 3.63) is 10.5 Å². The lowest BCUT2D eigenvalue weighted by molar-refractivity contribution is 0.378. The lowest BCUT2D eigenvalue weighted by atomic mass is 9.95. The summed E-state index contributed by atoms with van der Waals surface area (Å²) in [7, 11) is 0. The van der Waals surface area contributed by atoms with Gasteiger partial charge in [-0.3, -0.25) is 0 Å². The Kier molecular flexibility index (Phi) is 3.54. The molecule has 3 nitrogen and oxygen atoms in total. The summed E-state index contributed by atoms with van der Waals surface area (Å²) in [6, 6.07) is 1.27. The van der Waals surface area contributed by atoms with Crippen LogP contribution >= 0.6 is 22.9 Å². The van der Waals surface area contributed by atoms with Crippen molar-refractivity contribution in [2.24, 2.45) is 0 Å². The van der Waals surface area contributed by atoms with Crippen molar-refractivity contribution in [3.63, 3.8) is 0 Å². The summed E-state index contributed by atoms with van der Waals surface area (Å²) in [4.78, 5) is 6.91. The van der Waals surface area contributed by atoms with Gasteiger partial charge in [0.1, 0.15) is 5.15 Å². The number of piperidine rings is 1. The number of halogens is 1. The molecule has 2 unspecified atom stereocenters. The first-order chi connectivity index (χ1) is 8.34. The van der Waals surface area contributed by atoms with Gasteiger partial charge >= 0.3 is 0 Å². The Morgan fingerprint density at radius 3 is 3.00 bits per heavy atom. The minimum atomic E-state index is 0.619. The Labute approximate surface area is 111 Å². The Hall–Kier alpha value is -0.320. The Morgan fingerprint density at radius 2 is 2.29 bits per heavy atom. The fraction of sp³-hybridized carbons (Fsp3) is 0.750. The summed E-state index contributed by atoms with van der Waals surface area (Å²) in [6.45, 7) is 2.31. The number of hydrogen-bond donors (Lipinski definition) is 1. The van der Waals surface area contributed by atoms with Gasteiger partial charge in [0, 0.05) is 24.0 Å². The second kappa shape index (κ2) is 5.12. The standard InChI is InChI=1S/C12H18ClN3S/c13-11-8-17-12(15-11)16-7-2-1-5-10(16)9-4-3-6-14-9/h8-10,14H,1-7H2. The average molecular weight is 272 g/mol. The number of rotatable bonds is 2. The maximum atomic E-state index is 5.94. The van der Waals surface area contributed by atoms with Crippen LogP contribution in [0, 0.1) is 0 Å². The molecule has 17 heavy (non-hydrogen) atoms. The topological polar surface area (TPSA) is 28.2 Å². The molecule has 0 aliphatic carbocycles. The van der Waals surface area contributed by atoms with Crippen LogP contribution in [0.15, 0.2) is 5.38 Å². The van der Waals surface area contributed by atoms with E-state index in [0.29, 0.717) is 17.2 Å². The highest BCUT2D eigenvalue weighted by atomic mass is 35.5. The first kappa shape index (κ1) is 11.8. The lowest BCUT2D eigenvalue weighted by Gasteiger charge is -2.39. The predicted molar refractivity (Wildman–Crippen MR) is 73.1 cm³/mol. The maximum Gasteiger partial charge on any atom is 0.187 e. The molecular weight excluding hydrogens is 254 g/mol. The zero-order chi connectivity index (χ0) is 11.7. The lowest BCUT2D eigenvalue weighted by Crippen LogP contribution is -2.50. The minimum absolute atomic E-state index is 0.619. The molecule has 1 aromatic rings. The molecule has 0 amide bonds. The van der Waals surface area contributed by atoms with Crippen LogP contribution < -0.4 is 10.2 Å². The third-order valence-electron chi connectivity index (χ3n) is 3.82. The first-order valence-electron chi connectivity index (χ1n) is 6.45. The van der Waals surface area contributed by atoms with Gasteiger partial charge in [0.05, 0.1) is 0 Å². The summed E-state index contributed by atoms with van der Waals surface area (Å²) in [6.07, 6.45) is 6.53. The molecule has 2 atom stereocenters. The van der Waals surface area contributed by atoms with Crippen LogP contribution in [-0.4, -0.2) is 30.2 Å². The Morgan fingerprint density at radius 1 is 1.35 bits per heavy atom. The molecule has 0 bridgehead atoms. The maximum absolute atomic E-state index is 5.94. The quantitative estimate of drug-likeness (QED) is 0.897. The molecule has 3 rings (SSSR count). The molecule has 0 radical (unpaired) electrons. The zero-order valence-corrected chi connectivity index (χ0v) is 11.4. The van der Waals surface area contributed by atoms with E-state index in [9.17, 15) is 0 Å². The Balaban J connectivity index is 1.79. The monoisotopic (exact) mass is 271 g/mol. The SMILES string of the molecule is Clc1csc(N2CCCCC2C2CCCN2)n1. The summed E-state index contributed by atoms with van der Waals surface area (Å²) >= 11 is 7.62. The molecule has 2 fully saturated rings. The van der Waals surface area contributed by atoms with E-state index in [-0.39, 0.29) is 0 Å². The van der Waals surface area contributed by atoms with E-state index < -0.39 is 0 Å². The second-order valence-electron chi connectivity index (χ2n) is 4.91. The molecule has 0 aromatic carbocycles. The van der Waals surface area contributed by atoms with Gasteiger partial charge in [0.15, 0.2) is 5.13 Å². The van der Waals surface area contributed by atoms with E-state index in [1.54, 1.807) is 11.3 Å². The van der Waals surface area contributed by atoms with E-state index in [4.69, 9.17) is 11.6 Å². The second-order valence-corrected chi connectivity index (χ2v) is 6.14. The number of thiazole rings is 1. The van der Waals surface area contributed by atoms with Gasteiger partial charge in [-0.1, -0.05) is 11.6 Å². The third kappa shape index (κ3) is 2.44. The molecule has 5 heteroatoms. The van der Waals surface area contributed by atoms with Gasteiger partial charge < -0.3 is 10.2 Å². The largest absolute Gasteiger partial charge is 0.344 e. The molecule has 94 valence electrons. The van der Waals surface area contributed by atoms with E-state index >= 15 is 0 Å².